The molecule has 0 radical (unpaired) electrons. The summed E-state index contributed by atoms with van der Waals surface area (Å²) in [5.41, 5.74) is 2.99. The fraction of sp³-hybridized carbons (Fsp3) is 0. The van der Waals surface area contributed by atoms with Crippen molar-refractivity contribution in [3.8, 4) is 28.7 Å². The van der Waals surface area contributed by atoms with Crippen LogP contribution in [0.4, 0.5) is 0 Å². The maximum Gasteiger partial charge on any atom is 0.136 e. The van der Waals surface area contributed by atoms with Gasteiger partial charge in [0.2, 0.25) is 0 Å². The molecule has 2 aromatic heterocycles. The van der Waals surface area contributed by atoms with Gasteiger partial charge in [-0.15, -0.1) is 11.3 Å². The van der Waals surface area contributed by atoms with Gasteiger partial charge in [0.05, 0.1) is 16.3 Å². The van der Waals surface area contributed by atoms with Gasteiger partial charge in [-0.2, -0.15) is 5.26 Å². The Morgan fingerprint density at radius 2 is 1.90 bits per heavy atom. The van der Waals surface area contributed by atoms with Crippen LogP contribution in [0.2, 0.25) is 10.0 Å². The predicted octanol–water partition coefficient (Wildman–Crippen LogP) is 8.05. The third-order valence-electron chi connectivity index (χ3n) is 4.10. The van der Waals surface area contributed by atoms with E-state index >= 15 is 0 Å². The monoisotopic (exact) mass is 548 g/mol. The van der Waals surface area contributed by atoms with E-state index < -0.39 is 0 Å². The largest absolute Gasteiger partial charge is 0.457 e. The molecule has 0 aliphatic carbocycles. The zero-order valence-corrected chi connectivity index (χ0v) is 19.2. The second-order valence-electron chi connectivity index (χ2n) is 6.04. The van der Waals surface area contributed by atoms with Crippen molar-refractivity contribution in [3.63, 3.8) is 0 Å². The number of hydrogen-bond acceptors (Lipinski definition) is 4. The number of nitrogens with zero attached hydrogens (tertiary/aromatic N) is 2. The van der Waals surface area contributed by atoms with Crippen molar-refractivity contribution in [2.45, 2.75) is 0 Å². The number of allylic oxidation sites excluding steroid dienone is 1. The quantitative estimate of drug-likeness (QED) is 0.191. The fourth-order valence-corrected chi connectivity index (χ4v) is 4.23. The Morgan fingerprint density at radius 1 is 1.10 bits per heavy atom. The average molecular weight is 549 g/mol. The first-order chi connectivity index (χ1) is 14.0. The molecule has 4 rings (SSSR count). The molecular formula is C22H11Cl2IN2OS. The Kier molecular flexibility index (Phi) is 6.07. The Bertz CT molecular complexity index is 1250. The first-order valence-electron chi connectivity index (χ1n) is 8.42. The summed E-state index contributed by atoms with van der Waals surface area (Å²) >= 11 is 16.0. The van der Waals surface area contributed by atoms with Gasteiger partial charge in [-0.25, -0.2) is 4.98 Å². The van der Waals surface area contributed by atoms with Crippen molar-refractivity contribution in [1.29, 1.82) is 5.26 Å². The lowest BCUT2D eigenvalue weighted by Crippen LogP contribution is -1.82. The number of hydrogen-bond donors (Lipinski definition) is 0. The van der Waals surface area contributed by atoms with Gasteiger partial charge in [0, 0.05) is 31.2 Å². The van der Waals surface area contributed by atoms with E-state index in [0.717, 1.165) is 14.8 Å². The summed E-state index contributed by atoms with van der Waals surface area (Å²) in [6.45, 7) is 0. The van der Waals surface area contributed by atoms with Gasteiger partial charge in [0.25, 0.3) is 0 Å². The summed E-state index contributed by atoms with van der Waals surface area (Å²) < 4.78 is 7.03. The highest BCUT2D eigenvalue weighted by Crippen LogP contribution is 2.33. The van der Waals surface area contributed by atoms with Gasteiger partial charge in [-0.1, -0.05) is 35.3 Å². The minimum absolute atomic E-state index is 0.435. The molecule has 3 nitrogen and oxygen atoms in total. The minimum atomic E-state index is 0.435. The highest BCUT2D eigenvalue weighted by molar-refractivity contribution is 14.1. The fourth-order valence-electron chi connectivity index (χ4n) is 2.70. The van der Waals surface area contributed by atoms with Crippen LogP contribution in [0, 0.1) is 14.9 Å². The highest BCUT2D eigenvalue weighted by atomic mass is 127. The van der Waals surface area contributed by atoms with Crippen LogP contribution in [0.3, 0.4) is 0 Å². The molecular weight excluding hydrogens is 538 g/mol. The van der Waals surface area contributed by atoms with Crippen LogP contribution in [0.1, 0.15) is 10.8 Å². The minimum Gasteiger partial charge on any atom is -0.457 e. The van der Waals surface area contributed by atoms with Gasteiger partial charge in [-0.3, -0.25) is 0 Å². The molecule has 0 amide bonds. The molecule has 4 aromatic rings. The summed E-state index contributed by atoms with van der Waals surface area (Å²) in [4.78, 5) is 4.61. The summed E-state index contributed by atoms with van der Waals surface area (Å²) in [5, 5.41) is 13.3. The van der Waals surface area contributed by atoms with Crippen molar-refractivity contribution in [2.24, 2.45) is 0 Å². The molecule has 2 aromatic carbocycles. The van der Waals surface area contributed by atoms with Gasteiger partial charge < -0.3 is 4.42 Å². The Balaban J connectivity index is 1.64. The maximum atomic E-state index is 9.63. The Morgan fingerprint density at radius 3 is 2.66 bits per heavy atom. The van der Waals surface area contributed by atoms with E-state index in [4.69, 9.17) is 27.6 Å². The van der Waals surface area contributed by atoms with Crippen LogP contribution < -0.4 is 0 Å². The van der Waals surface area contributed by atoms with E-state index in [2.05, 4.69) is 33.6 Å². The van der Waals surface area contributed by atoms with E-state index in [9.17, 15) is 5.26 Å². The molecule has 0 unspecified atom stereocenters. The van der Waals surface area contributed by atoms with Crippen molar-refractivity contribution >= 4 is 68.8 Å². The molecule has 0 saturated heterocycles. The number of aromatic nitrogens is 1. The molecule has 0 N–H and O–H groups in total. The van der Waals surface area contributed by atoms with Crippen molar-refractivity contribution < 1.29 is 4.42 Å². The molecule has 0 aliphatic rings. The smallest absolute Gasteiger partial charge is 0.136 e. The zero-order valence-electron chi connectivity index (χ0n) is 14.7. The number of benzene rings is 2. The molecule has 0 atom stereocenters. The maximum absolute atomic E-state index is 9.63. The predicted molar refractivity (Wildman–Crippen MR) is 128 cm³/mol. The third-order valence-corrected chi connectivity index (χ3v) is 6.26. The Hall–Kier alpha value is -2.11. The standard InChI is InChI=1S/C22H11Cl2IN2OS/c23-15-3-7-19(24)18(10-15)21-8-6-17(28-21)9-14(11-26)22-27-20(12-29-22)13-1-4-16(25)5-2-13/h1-10,12H/b14-9+. The third kappa shape index (κ3) is 4.57. The lowest BCUT2D eigenvalue weighted by molar-refractivity contribution is 0.572. The van der Waals surface area contributed by atoms with E-state index in [-0.39, 0.29) is 0 Å². The topological polar surface area (TPSA) is 49.8 Å². The van der Waals surface area contributed by atoms with E-state index in [0.29, 0.717) is 37.7 Å². The molecule has 0 spiro atoms. The summed E-state index contributed by atoms with van der Waals surface area (Å²) in [7, 11) is 0. The highest BCUT2D eigenvalue weighted by Gasteiger charge is 2.12. The normalized spacial score (nSPS) is 11.4. The SMILES string of the molecule is N#C/C(=C\c1ccc(-c2cc(Cl)ccc2Cl)o1)c1nc(-c2ccc(I)cc2)cs1. The van der Waals surface area contributed by atoms with Crippen LogP contribution in [0.15, 0.2) is 64.4 Å². The zero-order chi connectivity index (χ0) is 20.4. The molecule has 0 fully saturated rings. The molecule has 0 bridgehead atoms. The number of halogens is 3. The number of thiazole rings is 1. The van der Waals surface area contributed by atoms with Crippen LogP contribution in [-0.4, -0.2) is 4.98 Å². The van der Waals surface area contributed by atoms with Crippen LogP contribution in [0.25, 0.3) is 34.2 Å². The summed E-state index contributed by atoms with van der Waals surface area (Å²) in [5.74, 6) is 1.12. The Labute approximate surface area is 195 Å². The van der Waals surface area contributed by atoms with E-state index in [1.807, 2.05) is 29.6 Å². The van der Waals surface area contributed by atoms with Crippen molar-refractivity contribution in [1.82, 2.24) is 4.98 Å². The second-order valence-corrected chi connectivity index (χ2v) is 8.99. The molecule has 142 valence electrons. The van der Waals surface area contributed by atoms with Crippen LogP contribution in [-0.2, 0) is 0 Å². The number of nitriles is 1. The van der Waals surface area contributed by atoms with Crippen molar-refractivity contribution in [2.75, 3.05) is 0 Å². The van der Waals surface area contributed by atoms with Crippen molar-refractivity contribution in [3.05, 3.63) is 84.4 Å². The van der Waals surface area contributed by atoms with E-state index in [1.165, 1.54) is 11.3 Å². The van der Waals surface area contributed by atoms with Gasteiger partial charge in [-0.05, 0) is 65.1 Å². The van der Waals surface area contributed by atoms with Crippen LogP contribution >= 0.6 is 57.1 Å². The summed E-state index contributed by atoms with van der Waals surface area (Å²) in [6, 6.07) is 19.1. The molecule has 7 heteroatoms. The van der Waals surface area contributed by atoms with E-state index in [1.54, 1.807) is 36.4 Å². The number of rotatable bonds is 4. The van der Waals surface area contributed by atoms with Crippen LogP contribution in [0.5, 0.6) is 0 Å². The first kappa shape index (κ1) is 20.2. The van der Waals surface area contributed by atoms with Gasteiger partial charge >= 0.3 is 0 Å². The van der Waals surface area contributed by atoms with Gasteiger partial charge in [0.15, 0.2) is 0 Å². The molecule has 0 aliphatic heterocycles. The molecule has 2 heterocycles. The van der Waals surface area contributed by atoms with Gasteiger partial charge in [0.1, 0.15) is 22.6 Å². The lowest BCUT2D eigenvalue weighted by Gasteiger charge is -2.01. The first-order valence-corrected chi connectivity index (χ1v) is 11.1. The summed E-state index contributed by atoms with van der Waals surface area (Å²) in [6.07, 6.45) is 1.68. The lowest BCUT2D eigenvalue weighted by atomic mass is 10.2. The molecule has 29 heavy (non-hydrogen) atoms. The number of furan rings is 1. The molecule has 0 saturated carbocycles. The average Bonchev–Trinajstić information content (AvgIpc) is 3.38. The second kappa shape index (κ2) is 8.72.